The van der Waals surface area contributed by atoms with Crippen molar-refractivity contribution in [2.45, 2.75) is 27.7 Å². The number of nitrogens with zero attached hydrogens (tertiary/aromatic N) is 2. The van der Waals surface area contributed by atoms with E-state index >= 15 is 0 Å². The number of nitrogens with one attached hydrogen (secondary N) is 2. The lowest BCUT2D eigenvalue weighted by Crippen LogP contribution is -2.35. The zero-order valence-corrected chi connectivity index (χ0v) is 18.9. The van der Waals surface area contributed by atoms with E-state index in [4.69, 9.17) is 0 Å². The number of halogens is 1. The van der Waals surface area contributed by atoms with Gasteiger partial charge in [-0.3, -0.25) is 9.59 Å². The number of rotatable bonds is 9. The van der Waals surface area contributed by atoms with Crippen molar-refractivity contribution in [3.05, 3.63) is 52.1 Å². The molecule has 2 heterocycles. The summed E-state index contributed by atoms with van der Waals surface area (Å²) in [6.45, 7) is 10.8. The first-order chi connectivity index (χ1) is 15.3. The Morgan fingerprint density at radius 3 is 2.62 bits per heavy atom. The summed E-state index contributed by atoms with van der Waals surface area (Å²) < 4.78 is 13.9. The SMILES string of the molecule is CCN(CC)CCNC(=O)c1c(C)[nH]c(/C=C2\C(=O)N(CC=O)c3ccc(F)cc32)c1C. The molecule has 7 nitrogen and oxygen atoms in total. The number of benzene rings is 1. The molecular formula is C24H29FN4O3. The normalized spacial score (nSPS) is 14.4. The zero-order valence-electron chi connectivity index (χ0n) is 18.9. The Morgan fingerprint density at radius 1 is 1.25 bits per heavy atom. The fourth-order valence-corrected chi connectivity index (χ4v) is 4.08. The van der Waals surface area contributed by atoms with Crippen LogP contribution in [0.5, 0.6) is 0 Å². The van der Waals surface area contributed by atoms with Gasteiger partial charge in [-0.1, -0.05) is 13.8 Å². The molecule has 0 saturated carbocycles. The molecule has 0 bridgehead atoms. The highest BCUT2D eigenvalue weighted by Gasteiger charge is 2.33. The average Bonchev–Trinajstić information content (AvgIpc) is 3.19. The molecule has 2 amide bonds. The summed E-state index contributed by atoms with van der Waals surface area (Å²) in [5, 5.41) is 2.96. The van der Waals surface area contributed by atoms with Crippen molar-refractivity contribution >= 4 is 35.4 Å². The minimum atomic E-state index is -0.469. The van der Waals surface area contributed by atoms with E-state index in [1.807, 2.05) is 6.92 Å². The molecule has 1 aromatic heterocycles. The Hall–Kier alpha value is -3.26. The van der Waals surface area contributed by atoms with Crippen molar-refractivity contribution in [2.24, 2.45) is 0 Å². The molecule has 1 aliphatic heterocycles. The molecule has 0 unspecified atom stereocenters. The molecule has 0 aliphatic carbocycles. The average molecular weight is 441 g/mol. The Kier molecular flexibility index (Phi) is 7.25. The maximum Gasteiger partial charge on any atom is 0.259 e. The standard InChI is InChI=1S/C24H29FN4O3/c1-5-28(6-2)10-9-26-23(31)22-15(3)20(27-16(22)4)14-19-18-13-17(25)7-8-21(18)29(11-12-30)24(19)32/h7-8,12-14,27H,5-6,9-11H2,1-4H3,(H,26,31)/b19-14-. The second kappa shape index (κ2) is 9.91. The maximum atomic E-state index is 13.9. The number of hydrogen-bond donors (Lipinski definition) is 2. The number of carbonyl (C=O) groups is 3. The lowest BCUT2D eigenvalue weighted by molar-refractivity contribution is -0.114. The number of aryl methyl sites for hydroxylation is 1. The lowest BCUT2D eigenvalue weighted by Gasteiger charge is -2.18. The van der Waals surface area contributed by atoms with Crippen LogP contribution in [0.2, 0.25) is 0 Å². The van der Waals surface area contributed by atoms with Gasteiger partial charge in [0.25, 0.3) is 11.8 Å². The maximum absolute atomic E-state index is 13.9. The molecule has 170 valence electrons. The molecule has 0 radical (unpaired) electrons. The number of hydrogen-bond acceptors (Lipinski definition) is 4. The fourth-order valence-electron chi connectivity index (χ4n) is 4.08. The molecule has 0 fully saturated rings. The van der Waals surface area contributed by atoms with Crippen LogP contribution < -0.4 is 10.2 Å². The van der Waals surface area contributed by atoms with Crippen LogP contribution in [0.4, 0.5) is 10.1 Å². The summed E-state index contributed by atoms with van der Waals surface area (Å²) >= 11 is 0. The van der Waals surface area contributed by atoms with Crippen LogP contribution in [-0.4, -0.2) is 60.7 Å². The first-order valence-corrected chi connectivity index (χ1v) is 10.8. The van der Waals surface area contributed by atoms with E-state index in [0.717, 1.165) is 19.6 Å². The Labute approximate surface area is 187 Å². The van der Waals surface area contributed by atoms with Gasteiger partial charge in [-0.2, -0.15) is 0 Å². The highest BCUT2D eigenvalue weighted by molar-refractivity contribution is 6.36. The third-order valence-electron chi connectivity index (χ3n) is 5.87. The number of H-pyrrole nitrogens is 1. The highest BCUT2D eigenvalue weighted by atomic mass is 19.1. The van der Waals surface area contributed by atoms with Crippen LogP contribution in [0.25, 0.3) is 11.6 Å². The summed E-state index contributed by atoms with van der Waals surface area (Å²) in [5.41, 5.74) is 3.71. The molecule has 2 N–H and O–H groups in total. The van der Waals surface area contributed by atoms with Gasteiger partial charge in [-0.05, 0) is 56.8 Å². The zero-order chi connectivity index (χ0) is 23.4. The number of aromatic amines is 1. The summed E-state index contributed by atoms with van der Waals surface area (Å²) in [5.74, 6) is -1.03. The van der Waals surface area contributed by atoms with Gasteiger partial charge in [-0.15, -0.1) is 0 Å². The van der Waals surface area contributed by atoms with E-state index in [2.05, 4.69) is 29.0 Å². The van der Waals surface area contributed by atoms with E-state index < -0.39 is 5.82 Å². The van der Waals surface area contributed by atoms with Crippen molar-refractivity contribution < 1.29 is 18.8 Å². The number of aldehydes is 1. The molecule has 2 aromatic rings. The Balaban J connectivity index is 1.90. The molecule has 0 saturated heterocycles. The minimum absolute atomic E-state index is 0.113. The molecule has 0 atom stereocenters. The minimum Gasteiger partial charge on any atom is -0.358 e. The molecular weight excluding hydrogens is 411 g/mol. The third-order valence-corrected chi connectivity index (χ3v) is 5.87. The molecule has 1 aliphatic rings. The van der Waals surface area contributed by atoms with Gasteiger partial charge in [-0.25, -0.2) is 4.39 Å². The number of likely N-dealkylation sites (N-methyl/N-ethyl adjacent to an activating group) is 1. The number of fused-ring (bicyclic) bond motifs is 1. The fraction of sp³-hybridized carbons (Fsp3) is 0.375. The smallest absolute Gasteiger partial charge is 0.259 e. The van der Waals surface area contributed by atoms with Crippen LogP contribution in [0, 0.1) is 19.7 Å². The van der Waals surface area contributed by atoms with Gasteiger partial charge in [0.05, 0.1) is 23.4 Å². The summed E-state index contributed by atoms with van der Waals surface area (Å²) in [6, 6.07) is 4.04. The van der Waals surface area contributed by atoms with Crippen molar-refractivity contribution in [1.82, 2.24) is 15.2 Å². The summed E-state index contributed by atoms with van der Waals surface area (Å²) in [6.07, 6.45) is 2.26. The predicted molar refractivity (Wildman–Crippen MR) is 123 cm³/mol. The number of carbonyl (C=O) groups excluding carboxylic acids is 3. The van der Waals surface area contributed by atoms with E-state index in [1.54, 1.807) is 13.0 Å². The summed E-state index contributed by atoms with van der Waals surface area (Å²) in [7, 11) is 0. The van der Waals surface area contributed by atoms with Gasteiger partial charge < -0.3 is 24.9 Å². The molecule has 0 spiro atoms. The van der Waals surface area contributed by atoms with Crippen LogP contribution in [0.1, 0.15) is 46.7 Å². The van der Waals surface area contributed by atoms with Crippen molar-refractivity contribution in [1.29, 1.82) is 0 Å². The first kappa shape index (κ1) is 23.4. The highest BCUT2D eigenvalue weighted by Crippen LogP contribution is 2.38. The number of amides is 2. The third kappa shape index (κ3) is 4.50. The largest absolute Gasteiger partial charge is 0.358 e. The van der Waals surface area contributed by atoms with E-state index in [-0.39, 0.29) is 23.9 Å². The quantitative estimate of drug-likeness (QED) is 0.464. The predicted octanol–water partition coefficient (Wildman–Crippen LogP) is 2.93. The Morgan fingerprint density at radius 2 is 1.97 bits per heavy atom. The van der Waals surface area contributed by atoms with Crippen molar-refractivity contribution in [2.75, 3.05) is 37.6 Å². The van der Waals surface area contributed by atoms with E-state index in [1.165, 1.54) is 23.1 Å². The first-order valence-electron chi connectivity index (χ1n) is 10.8. The Bertz CT molecular complexity index is 1070. The molecule has 1 aromatic carbocycles. The van der Waals surface area contributed by atoms with Gasteiger partial charge >= 0.3 is 0 Å². The molecule has 8 heteroatoms. The molecule has 32 heavy (non-hydrogen) atoms. The van der Waals surface area contributed by atoms with E-state index in [9.17, 15) is 18.8 Å². The van der Waals surface area contributed by atoms with Gasteiger partial charge in [0, 0.05) is 30.0 Å². The number of anilines is 1. The van der Waals surface area contributed by atoms with Gasteiger partial charge in [0.2, 0.25) is 0 Å². The van der Waals surface area contributed by atoms with Gasteiger partial charge in [0.1, 0.15) is 12.1 Å². The summed E-state index contributed by atoms with van der Waals surface area (Å²) in [4.78, 5) is 43.5. The number of aromatic nitrogens is 1. The van der Waals surface area contributed by atoms with Crippen LogP contribution in [-0.2, 0) is 9.59 Å². The van der Waals surface area contributed by atoms with Crippen LogP contribution in [0.15, 0.2) is 18.2 Å². The van der Waals surface area contributed by atoms with Crippen molar-refractivity contribution in [3.63, 3.8) is 0 Å². The monoisotopic (exact) mass is 440 g/mol. The van der Waals surface area contributed by atoms with Crippen molar-refractivity contribution in [3.8, 4) is 0 Å². The van der Waals surface area contributed by atoms with Gasteiger partial charge in [0.15, 0.2) is 0 Å². The van der Waals surface area contributed by atoms with Crippen LogP contribution in [0.3, 0.4) is 0 Å². The topological polar surface area (TPSA) is 85.5 Å². The molecule has 3 rings (SSSR count). The van der Waals surface area contributed by atoms with Crippen LogP contribution >= 0.6 is 0 Å². The second-order valence-corrected chi connectivity index (χ2v) is 7.75. The second-order valence-electron chi connectivity index (χ2n) is 7.75. The van der Waals surface area contributed by atoms with E-state index in [0.29, 0.717) is 46.6 Å². The lowest BCUT2D eigenvalue weighted by atomic mass is 10.0.